The molecule has 1 N–H and O–H groups in total. The van der Waals surface area contributed by atoms with Crippen molar-refractivity contribution in [2.24, 2.45) is 0 Å². The van der Waals surface area contributed by atoms with E-state index in [2.05, 4.69) is 146 Å². The Morgan fingerprint density at radius 3 is 1.58 bits per heavy atom. The summed E-state index contributed by atoms with van der Waals surface area (Å²) in [6, 6.07) is 52.0. The first-order valence-corrected chi connectivity index (χ1v) is 15.0. The number of aryl methyl sites for hydroxylation is 1. The minimum Gasteiger partial charge on any atom is -0.507 e. The molecule has 0 bridgehead atoms. The second-order valence-electron chi connectivity index (χ2n) is 11.4. The largest absolute Gasteiger partial charge is 0.507 e. The van der Waals surface area contributed by atoms with Crippen molar-refractivity contribution in [2.45, 2.75) is 13.3 Å². The predicted molar refractivity (Wildman–Crippen MR) is 184 cm³/mol. The minimum atomic E-state index is 0.310. The Morgan fingerprint density at radius 2 is 0.930 bits per heavy atom. The van der Waals surface area contributed by atoms with Crippen LogP contribution in [-0.2, 0) is 6.42 Å². The molecule has 0 amide bonds. The van der Waals surface area contributed by atoms with Crippen LogP contribution in [0.3, 0.4) is 0 Å². The topological polar surface area (TPSA) is 20.2 Å². The fourth-order valence-corrected chi connectivity index (χ4v) is 6.59. The van der Waals surface area contributed by atoms with E-state index in [1.165, 1.54) is 38.2 Å². The maximum absolute atomic E-state index is 11.1. The molecule has 0 saturated heterocycles. The summed E-state index contributed by atoms with van der Waals surface area (Å²) < 4.78 is 0. The van der Waals surface area contributed by atoms with Crippen molar-refractivity contribution in [2.75, 3.05) is 0 Å². The van der Waals surface area contributed by atoms with Gasteiger partial charge in [-0.05, 0) is 107 Å². The summed E-state index contributed by atoms with van der Waals surface area (Å²) in [6.07, 6.45) is 1.03. The molecule has 0 aliphatic carbocycles. The molecule has 43 heavy (non-hydrogen) atoms. The lowest BCUT2D eigenvalue weighted by molar-refractivity contribution is 0.482. The molecule has 0 radical (unpaired) electrons. The second kappa shape index (κ2) is 10.2. The monoisotopic (exact) mass is 550 g/mol. The Hall–Kier alpha value is -5.40. The van der Waals surface area contributed by atoms with E-state index >= 15 is 0 Å². The van der Waals surface area contributed by atoms with E-state index < -0.39 is 0 Å². The van der Waals surface area contributed by atoms with Crippen LogP contribution in [0.1, 0.15) is 12.5 Å². The van der Waals surface area contributed by atoms with Crippen LogP contribution in [0.15, 0.2) is 146 Å². The molecule has 0 unspecified atom stereocenters. The van der Waals surface area contributed by atoms with Crippen LogP contribution < -0.4 is 0 Å². The number of fused-ring (bicyclic) bond motifs is 5. The van der Waals surface area contributed by atoms with Crippen molar-refractivity contribution in [1.29, 1.82) is 0 Å². The molecular formula is C42H30O. The van der Waals surface area contributed by atoms with Gasteiger partial charge in [0.15, 0.2) is 0 Å². The van der Waals surface area contributed by atoms with Crippen LogP contribution in [0, 0.1) is 0 Å². The van der Waals surface area contributed by atoms with Gasteiger partial charge >= 0.3 is 0 Å². The van der Waals surface area contributed by atoms with Crippen molar-refractivity contribution in [3.8, 4) is 39.1 Å². The molecule has 0 saturated carbocycles. The number of phenols is 1. The van der Waals surface area contributed by atoms with Gasteiger partial charge in [-0.3, -0.25) is 0 Å². The van der Waals surface area contributed by atoms with Crippen LogP contribution in [0.25, 0.3) is 76.5 Å². The highest BCUT2D eigenvalue weighted by molar-refractivity contribution is 6.13. The molecule has 0 atom stereocenters. The summed E-state index contributed by atoms with van der Waals surface area (Å²) in [6.45, 7) is 2.17. The molecule has 204 valence electrons. The van der Waals surface area contributed by atoms with Gasteiger partial charge in [-0.2, -0.15) is 0 Å². The number of aromatic hydroxyl groups is 1. The lowest BCUT2D eigenvalue weighted by atomic mass is 9.91. The van der Waals surface area contributed by atoms with E-state index in [0.29, 0.717) is 5.75 Å². The van der Waals surface area contributed by atoms with Gasteiger partial charge in [0.1, 0.15) is 5.75 Å². The van der Waals surface area contributed by atoms with Crippen LogP contribution >= 0.6 is 0 Å². The van der Waals surface area contributed by atoms with Crippen molar-refractivity contribution in [3.05, 3.63) is 151 Å². The van der Waals surface area contributed by atoms with Gasteiger partial charge in [0.05, 0.1) is 0 Å². The Bertz CT molecular complexity index is 2260. The van der Waals surface area contributed by atoms with E-state index in [1.54, 1.807) is 0 Å². The molecule has 1 nitrogen and oxygen atoms in total. The molecule has 0 heterocycles. The highest BCUT2D eigenvalue weighted by Gasteiger charge is 2.12. The van der Waals surface area contributed by atoms with E-state index in [9.17, 15) is 5.11 Å². The number of hydrogen-bond donors (Lipinski definition) is 1. The summed E-state index contributed by atoms with van der Waals surface area (Å²) in [5.74, 6) is 0.310. The summed E-state index contributed by atoms with van der Waals surface area (Å²) in [5, 5.41) is 20.3. The van der Waals surface area contributed by atoms with Crippen LogP contribution in [0.5, 0.6) is 5.75 Å². The Morgan fingerprint density at radius 1 is 0.395 bits per heavy atom. The average molecular weight is 551 g/mol. The highest BCUT2D eigenvalue weighted by Crippen LogP contribution is 2.39. The number of hydrogen-bond acceptors (Lipinski definition) is 1. The van der Waals surface area contributed by atoms with Gasteiger partial charge in [0, 0.05) is 5.39 Å². The lowest BCUT2D eigenvalue weighted by Gasteiger charge is -2.13. The van der Waals surface area contributed by atoms with Crippen LogP contribution in [-0.4, -0.2) is 5.11 Å². The standard InChI is InChI=1S/C42H30O/c1-2-27-11-13-28(14-12-27)32-20-22-39-36-21-19-31(23-35(36)26-41(43)40(39)25-32)29-15-17-30(18-16-29)42-37-9-5-3-7-33(37)24-34-8-4-6-10-38(34)42/h3-26,43H,2H2,1H3. The first kappa shape index (κ1) is 25.3. The normalized spacial score (nSPS) is 11.6. The third-order valence-electron chi connectivity index (χ3n) is 8.90. The molecule has 0 fully saturated rings. The maximum Gasteiger partial charge on any atom is 0.124 e. The van der Waals surface area contributed by atoms with Gasteiger partial charge in [-0.25, -0.2) is 0 Å². The quantitative estimate of drug-likeness (QED) is 0.171. The molecule has 1 heteroatoms. The van der Waals surface area contributed by atoms with Crippen molar-refractivity contribution in [3.63, 3.8) is 0 Å². The Kier molecular flexibility index (Phi) is 5.98. The predicted octanol–water partition coefficient (Wildman–Crippen LogP) is 11.6. The SMILES string of the molecule is CCc1ccc(-c2ccc3c(c2)c(O)cc2cc(-c4ccc(-c5c6ccccc6cc6ccccc56)cc4)ccc23)cc1. The fraction of sp³-hybridized carbons (Fsp3) is 0.0476. The van der Waals surface area contributed by atoms with Gasteiger partial charge in [0.2, 0.25) is 0 Å². The fourth-order valence-electron chi connectivity index (χ4n) is 6.59. The molecule has 0 aromatic heterocycles. The van der Waals surface area contributed by atoms with Gasteiger partial charge in [-0.15, -0.1) is 0 Å². The summed E-state index contributed by atoms with van der Waals surface area (Å²) in [5.41, 5.74) is 8.37. The third kappa shape index (κ3) is 4.33. The van der Waals surface area contributed by atoms with Gasteiger partial charge in [-0.1, -0.05) is 128 Å². The summed E-state index contributed by atoms with van der Waals surface area (Å²) in [7, 11) is 0. The van der Waals surface area contributed by atoms with Crippen LogP contribution in [0.4, 0.5) is 0 Å². The number of phenolic OH excluding ortho intramolecular Hbond substituents is 1. The summed E-state index contributed by atoms with van der Waals surface area (Å²) in [4.78, 5) is 0. The second-order valence-corrected chi connectivity index (χ2v) is 11.4. The Balaban J connectivity index is 1.19. The van der Waals surface area contributed by atoms with Gasteiger partial charge < -0.3 is 5.11 Å². The van der Waals surface area contributed by atoms with E-state index in [4.69, 9.17) is 0 Å². The van der Waals surface area contributed by atoms with E-state index in [0.717, 1.165) is 50.2 Å². The Labute approximate surface area is 251 Å². The van der Waals surface area contributed by atoms with Crippen molar-refractivity contribution >= 4 is 43.1 Å². The van der Waals surface area contributed by atoms with Gasteiger partial charge in [0.25, 0.3) is 0 Å². The molecule has 8 aromatic carbocycles. The third-order valence-corrected chi connectivity index (χ3v) is 8.90. The molecule has 8 rings (SSSR count). The lowest BCUT2D eigenvalue weighted by Crippen LogP contribution is -1.87. The zero-order valence-corrected chi connectivity index (χ0v) is 24.0. The molecule has 8 aromatic rings. The van der Waals surface area contributed by atoms with Crippen molar-refractivity contribution in [1.82, 2.24) is 0 Å². The summed E-state index contributed by atoms with van der Waals surface area (Å²) >= 11 is 0. The van der Waals surface area contributed by atoms with Crippen LogP contribution in [0.2, 0.25) is 0 Å². The molecule has 0 spiro atoms. The zero-order valence-electron chi connectivity index (χ0n) is 24.0. The van der Waals surface area contributed by atoms with E-state index in [1.807, 2.05) is 6.07 Å². The first-order chi connectivity index (χ1) is 21.2. The molecule has 0 aliphatic rings. The maximum atomic E-state index is 11.1. The highest BCUT2D eigenvalue weighted by atomic mass is 16.3. The number of rotatable bonds is 4. The average Bonchev–Trinajstić information content (AvgIpc) is 3.07. The van der Waals surface area contributed by atoms with Crippen molar-refractivity contribution < 1.29 is 5.11 Å². The molecular weight excluding hydrogens is 520 g/mol. The zero-order chi connectivity index (χ0) is 28.9. The molecule has 0 aliphatic heterocycles. The van der Waals surface area contributed by atoms with E-state index in [-0.39, 0.29) is 0 Å². The number of benzene rings is 8. The smallest absolute Gasteiger partial charge is 0.124 e. The minimum absolute atomic E-state index is 0.310. The first-order valence-electron chi connectivity index (χ1n) is 15.0.